The third-order valence-electron chi connectivity index (χ3n) is 1.89. The highest BCUT2D eigenvalue weighted by Gasteiger charge is 2.21. The van der Waals surface area contributed by atoms with E-state index in [0.29, 0.717) is 13.1 Å². The summed E-state index contributed by atoms with van der Waals surface area (Å²) in [5.41, 5.74) is 11.4. The van der Waals surface area contributed by atoms with Gasteiger partial charge in [0.1, 0.15) is 0 Å². The zero-order valence-electron chi connectivity index (χ0n) is 9.32. The molecule has 0 aliphatic rings. The third kappa shape index (κ3) is 5.17. The summed E-state index contributed by atoms with van der Waals surface area (Å²) < 4.78 is 0. The van der Waals surface area contributed by atoms with Crippen molar-refractivity contribution in [2.75, 3.05) is 13.1 Å². The molecule has 0 radical (unpaired) electrons. The van der Waals surface area contributed by atoms with Crippen molar-refractivity contribution in [3.63, 3.8) is 0 Å². The lowest BCUT2D eigenvalue weighted by Crippen LogP contribution is -2.46. The van der Waals surface area contributed by atoms with Crippen molar-refractivity contribution in [2.24, 2.45) is 11.5 Å². The second-order valence-corrected chi connectivity index (χ2v) is 3.59. The van der Waals surface area contributed by atoms with Crippen molar-refractivity contribution >= 4 is 11.8 Å². The van der Waals surface area contributed by atoms with Crippen LogP contribution in [0.25, 0.3) is 0 Å². The summed E-state index contributed by atoms with van der Waals surface area (Å²) in [5.74, 6) is -0.832. The maximum absolute atomic E-state index is 11.7. The second-order valence-electron chi connectivity index (χ2n) is 3.59. The molecule has 0 bridgehead atoms. The predicted molar refractivity (Wildman–Crippen MR) is 58.9 cm³/mol. The fourth-order valence-electron chi connectivity index (χ4n) is 1.21. The van der Waals surface area contributed by atoms with Crippen molar-refractivity contribution in [3.8, 4) is 0 Å². The first-order valence-corrected chi connectivity index (χ1v) is 4.85. The standard InChI is InChI=1S/C10H19N3O2/c1-4-13(6-7(2)3)10(15)8(11)5-9(12)14/h8H,2,4-6,11H2,1,3H3,(H2,12,14). The number of amides is 2. The Balaban J connectivity index is 4.36. The van der Waals surface area contributed by atoms with E-state index in [9.17, 15) is 9.59 Å². The first-order valence-electron chi connectivity index (χ1n) is 4.85. The minimum Gasteiger partial charge on any atom is -0.370 e. The summed E-state index contributed by atoms with van der Waals surface area (Å²) in [7, 11) is 0. The molecule has 15 heavy (non-hydrogen) atoms. The van der Waals surface area contributed by atoms with Crippen LogP contribution in [0.15, 0.2) is 12.2 Å². The zero-order chi connectivity index (χ0) is 12.0. The van der Waals surface area contributed by atoms with Gasteiger partial charge in [-0.05, 0) is 13.8 Å². The molecule has 5 nitrogen and oxygen atoms in total. The van der Waals surface area contributed by atoms with Crippen LogP contribution < -0.4 is 11.5 Å². The van der Waals surface area contributed by atoms with E-state index in [1.807, 2.05) is 13.8 Å². The summed E-state index contributed by atoms with van der Waals surface area (Å²) in [6, 6.07) is -0.846. The molecule has 86 valence electrons. The van der Waals surface area contributed by atoms with Gasteiger partial charge in [-0.2, -0.15) is 0 Å². The number of rotatable bonds is 6. The highest BCUT2D eigenvalue weighted by atomic mass is 16.2. The van der Waals surface area contributed by atoms with E-state index in [4.69, 9.17) is 11.5 Å². The Labute approximate surface area is 90.1 Å². The third-order valence-corrected chi connectivity index (χ3v) is 1.89. The molecule has 4 N–H and O–H groups in total. The van der Waals surface area contributed by atoms with Gasteiger partial charge in [-0.25, -0.2) is 0 Å². The van der Waals surface area contributed by atoms with E-state index in [1.165, 1.54) is 0 Å². The molecule has 0 aromatic rings. The van der Waals surface area contributed by atoms with Gasteiger partial charge in [0.15, 0.2) is 0 Å². The van der Waals surface area contributed by atoms with Gasteiger partial charge in [0, 0.05) is 13.1 Å². The lowest BCUT2D eigenvalue weighted by molar-refractivity contribution is -0.134. The number of carbonyl (C=O) groups is 2. The lowest BCUT2D eigenvalue weighted by atomic mass is 10.1. The molecule has 0 aliphatic carbocycles. The van der Waals surface area contributed by atoms with Gasteiger partial charge in [0.25, 0.3) is 0 Å². The van der Waals surface area contributed by atoms with Crippen LogP contribution in [0.5, 0.6) is 0 Å². The Morgan fingerprint density at radius 1 is 1.47 bits per heavy atom. The van der Waals surface area contributed by atoms with Gasteiger partial charge in [-0.3, -0.25) is 9.59 Å². The van der Waals surface area contributed by atoms with Crippen molar-refractivity contribution in [2.45, 2.75) is 26.3 Å². The molecule has 0 aromatic carbocycles. The molecule has 0 fully saturated rings. The van der Waals surface area contributed by atoms with Crippen LogP contribution in [0, 0.1) is 0 Å². The number of hydrogen-bond acceptors (Lipinski definition) is 3. The average molecular weight is 213 g/mol. The summed E-state index contributed by atoms with van der Waals surface area (Å²) >= 11 is 0. The van der Waals surface area contributed by atoms with E-state index in [0.717, 1.165) is 5.57 Å². The number of primary amides is 1. The van der Waals surface area contributed by atoms with Crippen LogP contribution in [0.3, 0.4) is 0 Å². The van der Waals surface area contributed by atoms with E-state index >= 15 is 0 Å². The lowest BCUT2D eigenvalue weighted by Gasteiger charge is -2.23. The van der Waals surface area contributed by atoms with Crippen molar-refractivity contribution in [3.05, 3.63) is 12.2 Å². The highest BCUT2D eigenvalue weighted by Crippen LogP contribution is 2.00. The van der Waals surface area contributed by atoms with E-state index < -0.39 is 11.9 Å². The molecule has 0 saturated heterocycles. The Morgan fingerprint density at radius 3 is 2.33 bits per heavy atom. The van der Waals surface area contributed by atoms with Crippen molar-refractivity contribution in [1.29, 1.82) is 0 Å². The summed E-state index contributed by atoms with van der Waals surface area (Å²) in [4.78, 5) is 23.9. The summed E-state index contributed by atoms with van der Waals surface area (Å²) in [6.07, 6.45) is -0.120. The van der Waals surface area contributed by atoms with E-state index in [-0.39, 0.29) is 12.3 Å². The van der Waals surface area contributed by atoms with Crippen LogP contribution in [0.4, 0.5) is 0 Å². The van der Waals surface area contributed by atoms with Gasteiger partial charge in [0.2, 0.25) is 11.8 Å². The molecule has 0 heterocycles. The van der Waals surface area contributed by atoms with Crippen LogP contribution in [-0.4, -0.2) is 35.8 Å². The smallest absolute Gasteiger partial charge is 0.240 e. The quantitative estimate of drug-likeness (QED) is 0.589. The predicted octanol–water partition coefficient (Wildman–Crippen LogP) is -0.386. The van der Waals surface area contributed by atoms with Gasteiger partial charge in [-0.15, -0.1) is 0 Å². The Morgan fingerprint density at radius 2 is 2.00 bits per heavy atom. The highest BCUT2D eigenvalue weighted by molar-refractivity contribution is 5.87. The number of carbonyl (C=O) groups excluding carboxylic acids is 2. The molecular formula is C10H19N3O2. The second kappa shape index (κ2) is 6.19. The van der Waals surface area contributed by atoms with Gasteiger partial charge in [-0.1, -0.05) is 12.2 Å². The maximum Gasteiger partial charge on any atom is 0.240 e. The minimum atomic E-state index is -0.846. The van der Waals surface area contributed by atoms with Gasteiger partial charge in [0.05, 0.1) is 12.5 Å². The minimum absolute atomic E-state index is 0.120. The monoisotopic (exact) mass is 213 g/mol. The van der Waals surface area contributed by atoms with E-state index in [1.54, 1.807) is 4.90 Å². The normalized spacial score (nSPS) is 11.9. The largest absolute Gasteiger partial charge is 0.370 e. The molecule has 0 spiro atoms. The van der Waals surface area contributed by atoms with Crippen LogP contribution in [0.1, 0.15) is 20.3 Å². The fourth-order valence-corrected chi connectivity index (χ4v) is 1.21. The average Bonchev–Trinajstić information content (AvgIpc) is 2.11. The van der Waals surface area contributed by atoms with Crippen molar-refractivity contribution < 1.29 is 9.59 Å². The molecule has 0 aromatic heterocycles. The molecular weight excluding hydrogens is 194 g/mol. The topological polar surface area (TPSA) is 89.4 Å². The molecule has 0 saturated carbocycles. The first-order chi connectivity index (χ1) is 6.88. The number of nitrogens with zero attached hydrogens (tertiary/aromatic N) is 1. The molecule has 1 atom stereocenters. The molecule has 2 amide bonds. The SMILES string of the molecule is C=C(C)CN(CC)C(=O)C(N)CC(N)=O. The Hall–Kier alpha value is -1.36. The maximum atomic E-state index is 11.7. The first kappa shape index (κ1) is 13.6. The number of nitrogens with two attached hydrogens (primary N) is 2. The van der Waals surface area contributed by atoms with E-state index in [2.05, 4.69) is 6.58 Å². The number of hydrogen-bond donors (Lipinski definition) is 2. The molecule has 1 unspecified atom stereocenters. The molecule has 0 aliphatic heterocycles. The van der Waals surface area contributed by atoms with Crippen molar-refractivity contribution in [1.82, 2.24) is 4.90 Å². The van der Waals surface area contributed by atoms with Gasteiger partial charge < -0.3 is 16.4 Å². The summed E-state index contributed by atoms with van der Waals surface area (Å²) in [5, 5.41) is 0. The molecule has 0 rings (SSSR count). The Kier molecular flexibility index (Phi) is 5.62. The number of likely N-dealkylation sites (N-methyl/N-ethyl adjacent to an activating group) is 1. The van der Waals surface area contributed by atoms with Crippen LogP contribution in [0.2, 0.25) is 0 Å². The van der Waals surface area contributed by atoms with Crippen LogP contribution >= 0.6 is 0 Å². The Bertz CT molecular complexity index is 263. The van der Waals surface area contributed by atoms with Gasteiger partial charge >= 0.3 is 0 Å². The van der Waals surface area contributed by atoms with Crippen LogP contribution in [-0.2, 0) is 9.59 Å². The summed E-state index contributed by atoms with van der Waals surface area (Å²) in [6.45, 7) is 8.39. The zero-order valence-corrected chi connectivity index (χ0v) is 9.32. The fraction of sp³-hybridized carbons (Fsp3) is 0.600. The molecule has 5 heteroatoms.